The van der Waals surface area contributed by atoms with Crippen molar-refractivity contribution in [3.8, 4) is 0 Å². The predicted molar refractivity (Wildman–Crippen MR) is 62.1 cm³/mol. The molecule has 0 N–H and O–H groups in total. The average molecular weight is 257 g/mol. The van der Waals surface area contributed by atoms with E-state index < -0.39 is 12.3 Å². The van der Waals surface area contributed by atoms with Crippen molar-refractivity contribution in [3.05, 3.63) is 34.3 Å². The first-order valence-corrected chi connectivity index (χ1v) is 5.80. The fourth-order valence-electron chi connectivity index (χ4n) is 1.69. The van der Waals surface area contributed by atoms with E-state index >= 15 is 0 Å². The Kier molecular flexibility index (Phi) is 3.99. The number of hydrogen-bond acceptors (Lipinski definition) is 4. The summed E-state index contributed by atoms with van der Waals surface area (Å²) in [7, 11) is 0. The van der Waals surface area contributed by atoms with E-state index in [2.05, 4.69) is 0 Å². The largest absolute Gasteiger partial charge is 0.462 e. The van der Waals surface area contributed by atoms with Crippen LogP contribution in [0.2, 0.25) is 5.02 Å². The summed E-state index contributed by atoms with van der Waals surface area (Å²) in [6.45, 7) is 3.08. The third kappa shape index (κ3) is 2.60. The number of carbonyl (C=O) groups excluding carboxylic acids is 1. The first-order valence-electron chi connectivity index (χ1n) is 5.42. The molecule has 0 amide bonds. The monoisotopic (exact) mass is 256 g/mol. The molecule has 4 nitrogen and oxygen atoms in total. The van der Waals surface area contributed by atoms with Crippen molar-refractivity contribution >= 4 is 17.6 Å². The van der Waals surface area contributed by atoms with E-state index in [1.807, 2.05) is 0 Å². The normalized spacial score (nSPS) is 16.1. The Labute approximate surface area is 104 Å². The third-order valence-electron chi connectivity index (χ3n) is 2.40. The molecule has 1 heterocycles. The zero-order valence-electron chi connectivity index (χ0n) is 9.44. The van der Waals surface area contributed by atoms with E-state index in [9.17, 15) is 4.79 Å². The maximum absolute atomic E-state index is 11.8. The van der Waals surface area contributed by atoms with Crippen molar-refractivity contribution in [2.75, 3.05) is 19.8 Å². The van der Waals surface area contributed by atoms with Crippen molar-refractivity contribution < 1.29 is 19.0 Å². The molecule has 0 atom stereocenters. The highest BCUT2D eigenvalue weighted by Crippen LogP contribution is 2.30. The summed E-state index contributed by atoms with van der Waals surface area (Å²) in [6.07, 6.45) is -0.534. The number of halogens is 1. The Morgan fingerprint density at radius 2 is 2.18 bits per heavy atom. The van der Waals surface area contributed by atoms with Crippen LogP contribution in [0.3, 0.4) is 0 Å². The van der Waals surface area contributed by atoms with Crippen molar-refractivity contribution in [2.45, 2.75) is 13.2 Å². The second-order valence-corrected chi connectivity index (χ2v) is 3.91. The molecule has 5 heteroatoms. The topological polar surface area (TPSA) is 44.8 Å². The number of carbonyl (C=O) groups is 1. The molecule has 1 fully saturated rings. The predicted octanol–water partition coefficient (Wildman–Crippen LogP) is 2.56. The highest BCUT2D eigenvalue weighted by atomic mass is 35.5. The summed E-state index contributed by atoms with van der Waals surface area (Å²) < 4.78 is 15.7. The number of hydrogen-bond donors (Lipinski definition) is 0. The van der Waals surface area contributed by atoms with Gasteiger partial charge in [0.25, 0.3) is 0 Å². The van der Waals surface area contributed by atoms with E-state index in [-0.39, 0.29) is 0 Å². The van der Waals surface area contributed by atoms with Crippen LogP contribution in [0.1, 0.15) is 29.1 Å². The molecule has 1 saturated heterocycles. The molecule has 0 spiro atoms. The summed E-state index contributed by atoms with van der Waals surface area (Å²) in [5.41, 5.74) is 0.941. The summed E-state index contributed by atoms with van der Waals surface area (Å²) in [5.74, 6) is -0.452. The van der Waals surface area contributed by atoms with Gasteiger partial charge in [0.15, 0.2) is 6.29 Å². The van der Waals surface area contributed by atoms with Crippen LogP contribution in [0, 0.1) is 0 Å². The third-order valence-corrected chi connectivity index (χ3v) is 2.72. The van der Waals surface area contributed by atoms with Crippen LogP contribution in [0.15, 0.2) is 18.2 Å². The van der Waals surface area contributed by atoms with Gasteiger partial charge in [0.2, 0.25) is 0 Å². The maximum atomic E-state index is 11.8. The van der Waals surface area contributed by atoms with Gasteiger partial charge < -0.3 is 14.2 Å². The van der Waals surface area contributed by atoms with Crippen LogP contribution in [0.25, 0.3) is 0 Å². The van der Waals surface area contributed by atoms with Crippen LogP contribution in [-0.2, 0) is 14.2 Å². The molecule has 0 unspecified atom stereocenters. The molecule has 1 aliphatic rings. The van der Waals surface area contributed by atoms with Crippen LogP contribution in [0.4, 0.5) is 0 Å². The van der Waals surface area contributed by atoms with Gasteiger partial charge >= 0.3 is 5.97 Å². The smallest absolute Gasteiger partial charge is 0.340 e. The first kappa shape index (κ1) is 12.4. The zero-order chi connectivity index (χ0) is 12.3. The highest BCUT2D eigenvalue weighted by Gasteiger charge is 2.26. The van der Waals surface area contributed by atoms with E-state index in [1.165, 1.54) is 0 Å². The van der Waals surface area contributed by atoms with Crippen LogP contribution in [-0.4, -0.2) is 25.8 Å². The van der Waals surface area contributed by atoms with Crippen LogP contribution < -0.4 is 0 Å². The number of ether oxygens (including phenoxy) is 3. The highest BCUT2D eigenvalue weighted by molar-refractivity contribution is 6.33. The van der Waals surface area contributed by atoms with Crippen molar-refractivity contribution in [1.29, 1.82) is 0 Å². The van der Waals surface area contributed by atoms with Gasteiger partial charge in [0.1, 0.15) is 0 Å². The first-order chi connectivity index (χ1) is 8.24. The van der Waals surface area contributed by atoms with E-state index in [0.29, 0.717) is 36.0 Å². The molecule has 2 rings (SSSR count). The van der Waals surface area contributed by atoms with E-state index in [0.717, 1.165) is 0 Å². The Morgan fingerprint density at radius 3 is 2.82 bits per heavy atom. The molecule has 1 aromatic carbocycles. The Bertz CT molecular complexity index is 413. The fourth-order valence-corrected chi connectivity index (χ4v) is 1.95. The van der Waals surface area contributed by atoms with E-state index in [1.54, 1.807) is 25.1 Å². The molecule has 0 saturated carbocycles. The van der Waals surface area contributed by atoms with Crippen molar-refractivity contribution in [2.24, 2.45) is 0 Å². The molecule has 1 aliphatic heterocycles. The molecule has 0 bridgehead atoms. The van der Waals surface area contributed by atoms with Gasteiger partial charge in [-0.1, -0.05) is 23.7 Å². The lowest BCUT2D eigenvalue weighted by molar-refractivity contribution is -0.0449. The fraction of sp³-hybridized carbons (Fsp3) is 0.417. The zero-order valence-corrected chi connectivity index (χ0v) is 10.2. The van der Waals surface area contributed by atoms with E-state index in [4.69, 9.17) is 25.8 Å². The van der Waals surface area contributed by atoms with Crippen molar-refractivity contribution in [1.82, 2.24) is 0 Å². The summed E-state index contributed by atoms with van der Waals surface area (Å²) in [6, 6.07) is 5.16. The molecule has 0 radical (unpaired) electrons. The van der Waals surface area contributed by atoms with Gasteiger partial charge in [-0.15, -0.1) is 0 Å². The summed E-state index contributed by atoms with van der Waals surface area (Å²) in [5, 5.41) is 0.347. The lowest BCUT2D eigenvalue weighted by atomic mass is 10.1. The minimum Gasteiger partial charge on any atom is -0.462 e. The second kappa shape index (κ2) is 5.49. The van der Waals surface area contributed by atoms with Crippen molar-refractivity contribution in [3.63, 3.8) is 0 Å². The molecule has 1 aromatic rings. The maximum Gasteiger partial charge on any atom is 0.340 e. The summed E-state index contributed by atoms with van der Waals surface area (Å²) >= 11 is 6.03. The molecular formula is C12H13ClO4. The molecule has 92 valence electrons. The van der Waals surface area contributed by atoms with Gasteiger partial charge in [0.05, 0.1) is 30.4 Å². The molecule has 0 aromatic heterocycles. The van der Waals surface area contributed by atoms with Gasteiger partial charge in [-0.25, -0.2) is 4.79 Å². The summed E-state index contributed by atoms with van der Waals surface area (Å²) in [4.78, 5) is 11.8. The van der Waals surface area contributed by atoms with Gasteiger partial charge in [0, 0.05) is 5.56 Å². The quantitative estimate of drug-likeness (QED) is 0.780. The molecule has 0 aliphatic carbocycles. The Balaban J connectivity index is 2.36. The Hall–Kier alpha value is -1.10. The number of benzene rings is 1. The SMILES string of the molecule is CCOC(=O)c1c(Cl)cccc1C1OCCO1. The van der Waals surface area contributed by atoms with Gasteiger partial charge in [-0.2, -0.15) is 0 Å². The molecular weight excluding hydrogens is 244 g/mol. The Morgan fingerprint density at radius 1 is 1.47 bits per heavy atom. The second-order valence-electron chi connectivity index (χ2n) is 3.50. The van der Waals surface area contributed by atoms with Gasteiger partial charge in [-0.3, -0.25) is 0 Å². The minimum absolute atomic E-state index is 0.301. The van der Waals surface area contributed by atoms with Crippen LogP contribution >= 0.6 is 11.6 Å². The number of rotatable bonds is 3. The average Bonchev–Trinajstić information content (AvgIpc) is 2.82. The standard InChI is InChI=1S/C12H13ClO4/c1-2-15-11(14)10-8(4-3-5-9(10)13)12-16-6-7-17-12/h3-5,12H,2,6-7H2,1H3. The number of esters is 1. The lowest BCUT2D eigenvalue weighted by Crippen LogP contribution is -2.12. The van der Waals surface area contributed by atoms with Crippen LogP contribution in [0.5, 0.6) is 0 Å². The minimum atomic E-state index is -0.534. The van der Waals surface area contributed by atoms with Gasteiger partial charge in [-0.05, 0) is 13.0 Å². The lowest BCUT2D eigenvalue weighted by Gasteiger charge is -2.14. The molecule has 17 heavy (non-hydrogen) atoms.